The molecule has 1 saturated carbocycles. The van der Waals surface area contributed by atoms with Crippen LogP contribution in [-0.4, -0.2) is 50.2 Å². The summed E-state index contributed by atoms with van der Waals surface area (Å²) in [7, 11) is -3.80. The summed E-state index contributed by atoms with van der Waals surface area (Å²) in [6, 6.07) is 12.1. The predicted molar refractivity (Wildman–Crippen MR) is 124 cm³/mol. The van der Waals surface area contributed by atoms with Crippen molar-refractivity contribution in [1.29, 1.82) is 0 Å². The average molecular weight is 481 g/mol. The van der Waals surface area contributed by atoms with E-state index in [0.29, 0.717) is 24.2 Å². The van der Waals surface area contributed by atoms with Crippen LogP contribution in [0.5, 0.6) is 0 Å². The summed E-state index contributed by atoms with van der Waals surface area (Å²) in [5, 5.41) is 3.61. The third-order valence-corrected chi connectivity index (χ3v) is 9.23. The van der Waals surface area contributed by atoms with Crippen molar-refractivity contribution < 1.29 is 17.9 Å². The van der Waals surface area contributed by atoms with Gasteiger partial charge in [-0.3, -0.25) is 4.79 Å². The van der Waals surface area contributed by atoms with Gasteiger partial charge in [-0.15, -0.1) is 11.8 Å². The number of hydrogen-bond donors (Lipinski definition) is 1. The molecule has 6 nitrogen and oxygen atoms in total. The molecule has 2 aromatic carbocycles. The van der Waals surface area contributed by atoms with Crippen molar-refractivity contribution >= 4 is 45.0 Å². The molecule has 1 aliphatic carbocycles. The average Bonchev–Trinajstić information content (AvgIpc) is 3.29. The summed E-state index contributed by atoms with van der Waals surface area (Å²) in [6.45, 7) is 1.21. The van der Waals surface area contributed by atoms with Gasteiger partial charge in [-0.25, -0.2) is 8.42 Å². The quantitative estimate of drug-likeness (QED) is 0.651. The number of thioether (sulfide) groups is 1. The Morgan fingerprint density at radius 2 is 1.74 bits per heavy atom. The normalized spacial score (nSPS) is 18.2. The maximum Gasteiger partial charge on any atom is 0.255 e. The van der Waals surface area contributed by atoms with Crippen LogP contribution in [0.25, 0.3) is 0 Å². The van der Waals surface area contributed by atoms with Crippen molar-refractivity contribution in [3.8, 4) is 0 Å². The van der Waals surface area contributed by atoms with Crippen molar-refractivity contribution in [2.24, 2.45) is 0 Å². The van der Waals surface area contributed by atoms with Gasteiger partial charge >= 0.3 is 0 Å². The molecule has 0 aromatic heterocycles. The maximum atomic E-state index is 13.0. The van der Waals surface area contributed by atoms with Gasteiger partial charge in [-0.05, 0) is 55.3 Å². The van der Waals surface area contributed by atoms with Gasteiger partial charge < -0.3 is 10.1 Å². The second-order valence-corrected chi connectivity index (χ2v) is 11.4. The first-order valence-electron chi connectivity index (χ1n) is 10.4. The highest BCUT2D eigenvalue weighted by atomic mass is 35.5. The van der Waals surface area contributed by atoms with Crippen LogP contribution < -0.4 is 5.32 Å². The molecule has 1 saturated heterocycles. The first kappa shape index (κ1) is 22.6. The number of ether oxygens (including phenoxy) is 1. The third kappa shape index (κ3) is 5.43. The molecule has 2 aliphatic rings. The zero-order valence-corrected chi connectivity index (χ0v) is 19.4. The second kappa shape index (κ2) is 9.92. The molecule has 1 heterocycles. The highest BCUT2D eigenvalue weighted by Crippen LogP contribution is 2.35. The number of nitrogens with one attached hydrogen (secondary N) is 1. The lowest BCUT2D eigenvalue weighted by atomic mass is 10.2. The molecule has 2 fully saturated rings. The number of benzene rings is 2. The maximum absolute atomic E-state index is 13.0. The van der Waals surface area contributed by atoms with Gasteiger partial charge in [0.25, 0.3) is 5.91 Å². The molecule has 31 heavy (non-hydrogen) atoms. The Labute approximate surface area is 192 Å². The van der Waals surface area contributed by atoms with Gasteiger partial charge in [0, 0.05) is 34.5 Å². The number of morpholine rings is 1. The van der Waals surface area contributed by atoms with E-state index in [0.717, 1.165) is 0 Å². The molecule has 0 bridgehead atoms. The fourth-order valence-electron chi connectivity index (χ4n) is 3.79. The minimum atomic E-state index is -3.80. The van der Waals surface area contributed by atoms with Crippen molar-refractivity contribution in [2.75, 3.05) is 31.6 Å². The number of hydrogen-bond acceptors (Lipinski definition) is 5. The van der Waals surface area contributed by atoms with Crippen LogP contribution in [0.3, 0.4) is 0 Å². The molecule has 166 valence electrons. The first-order chi connectivity index (χ1) is 14.9. The smallest absolute Gasteiger partial charge is 0.255 e. The van der Waals surface area contributed by atoms with Crippen molar-refractivity contribution in [3.63, 3.8) is 0 Å². The van der Waals surface area contributed by atoms with Gasteiger partial charge in [-0.1, -0.05) is 24.4 Å². The van der Waals surface area contributed by atoms with E-state index in [-0.39, 0.29) is 34.5 Å². The monoisotopic (exact) mass is 480 g/mol. The van der Waals surface area contributed by atoms with Crippen LogP contribution in [0.15, 0.2) is 52.3 Å². The summed E-state index contributed by atoms with van der Waals surface area (Å²) in [6.07, 6.45) is 5.12. The molecule has 0 radical (unpaired) electrons. The second-order valence-electron chi connectivity index (χ2n) is 7.66. The number of anilines is 1. The summed E-state index contributed by atoms with van der Waals surface area (Å²) < 4.78 is 32.5. The molecule has 0 unspecified atom stereocenters. The molecule has 1 amide bonds. The topological polar surface area (TPSA) is 75.7 Å². The summed E-state index contributed by atoms with van der Waals surface area (Å²) in [4.78, 5) is 13.9. The minimum absolute atomic E-state index is 0.0629. The van der Waals surface area contributed by atoms with Crippen LogP contribution in [-0.2, 0) is 14.8 Å². The number of carbonyl (C=O) groups excluding carboxylic acids is 1. The lowest BCUT2D eigenvalue weighted by Gasteiger charge is -2.26. The summed E-state index contributed by atoms with van der Waals surface area (Å²) >= 11 is 8.07. The van der Waals surface area contributed by atoms with E-state index >= 15 is 0 Å². The van der Waals surface area contributed by atoms with Crippen molar-refractivity contribution in [2.45, 2.75) is 40.7 Å². The third-order valence-electron chi connectivity index (χ3n) is 5.50. The predicted octanol–water partition coefficient (Wildman–Crippen LogP) is 4.65. The molecule has 1 N–H and O–H groups in total. The Bertz CT molecular complexity index is 1030. The molecular formula is C22H25ClN2O4S2. The van der Waals surface area contributed by atoms with Crippen molar-refractivity contribution in [3.05, 3.63) is 53.1 Å². The highest BCUT2D eigenvalue weighted by molar-refractivity contribution is 8.00. The number of amides is 1. The van der Waals surface area contributed by atoms with E-state index in [1.54, 1.807) is 0 Å². The van der Waals surface area contributed by atoms with E-state index in [1.807, 2.05) is 36.0 Å². The molecule has 2 aromatic rings. The summed E-state index contributed by atoms with van der Waals surface area (Å²) in [5.41, 5.74) is 0.897. The Balaban J connectivity index is 1.46. The molecule has 0 atom stereocenters. The number of nitrogens with zero attached hydrogens (tertiary/aromatic N) is 1. The van der Waals surface area contributed by atoms with Crippen molar-refractivity contribution in [1.82, 2.24) is 4.31 Å². The molecule has 1 aliphatic heterocycles. The number of halogens is 1. The number of rotatable bonds is 6. The minimum Gasteiger partial charge on any atom is -0.379 e. The van der Waals surface area contributed by atoms with E-state index in [4.69, 9.17) is 16.3 Å². The first-order valence-corrected chi connectivity index (χ1v) is 13.1. The van der Waals surface area contributed by atoms with Crippen LogP contribution in [0.2, 0.25) is 5.02 Å². The van der Waals surface area contributed by atoms with E-state index in [2.05, 4.69) is 5.32 Å². The zero-order valence-electron chi connectivity index (χ0n) is 17.1. The van der Waals surface area contributed by atoms with Crippen LogP contribution in [0, 0.1) is 0 Å². The molecular weight excluding hydrogens is 456 g/mol. The lowest BCUT2D eigenvalue weighted by Crippen LogP contribution is -2.40. The van der Waals surface area contributed by atoms with Crippen LogP contribution >= 0.6 is 23.4 Å². The van der Waals surface area contributed by atoms with Gasteiger partial charge in [0.2, 0.25) is 10.0 Å². The Hall–Kier alpha value is -1.58. The van der Waals surface area contributed by atoms with Gasteiger partial charge in [0.15, 0.2) is 0 Å². The number of sulfonamides is 1. The lowest BCUT2D eigenvalue weighted by molar-refractivity contribution is 0.0730. The Kier molecular flexibility index (Phi) is 7.23. The summed E-state index contributed by atoms with van der Waals surface area (Å²) in [5.74, 6) is -0.383. The highest BCUT2D eigenvalue weighted by Gasteiger charge is 2.29. The molecule has 0 spiro atoms. The SMILES string of the molecule is O=C(Nc1ccc(SC2CCCC2)cc1)c1ccc(Cl)c(S(=O)(=O)N2CCOCC2)c1. The zero-order chi connectivity index (χ0) is 21.8. The fourth-order valence-corrected chi connectivity index (χ4v) is 6.94. The van der Waals surface area contributed by atoms with Gasteiger partial charge in [0.1, 0.15) is 4.90 Å². The fraction of sp³-hybridized carbons (Fsp3) is 0.409. The molecule has 9 heteroatoms. The largest absolute Gasteiger partial charge is 0.379 e. The standard InChI is InChI=1S/C22H25ClN2O4S2/c23-20-10-5-16(15-21(20)31(27,28)25-11-13-29-14-12-25)22(26)24-17-6-8-19(9-7-17)30-18-3-1-2-4-18/h5-10,15,18H,1-4,11-14H2,(H,24,26). The van der Waals surface area contributed by atoms with E-state index < -0.39 is 10.0 Å². The number of carbonyl (C=O) groups is 1. The van der Waals surface area contributed by atoms with E-state index in [1.165, 1.54) is 53.1 Å². The molecule has 4 rings (SSSR count). The Morgan fingerprint density at radius 3 is 2.42 bits per heavy atom. The van der Waals surface area contributed by atoms with Gasteiger partial charge in [0.05, 0.1) is 18.2 Å². The van der Waals surface area contributed by atoms with Crippen LogP contribution in [0.4, 0.5) is 5.69 Å². The van der Waals surface area contributed by atoms with E-state index in [9.17, 15) is 13.2 Å². The Morgan fingerprint density at radius 1 is 1.06 bits per heavy atom. The van der Waals surface area contributed by atoms with Gasteiger partial charge in [-0.2, -0.15) is 4.31 Å². The van der Waals surface area contributed by atoms with Crippen LogP contribution in [0.1, 0.15) is 36.0 Å².